The first-order chi connectivity index (χ1) is 11.4. The van der Waals surface area contributed by atoms with E-state index in [0.717, 1.165) is 24.2 Å². The number of ether oxygens (including phenoxy) is 1. The van der Waals surface area contributed by atoms with Gasteiger partial charge >= 0.3 is 5.97 Å². The fourth-order valence-electron chi connectivity index (χ4n) is 2.78. The standard InChI is InChI=1S/C17H16Cl2N2O3/c1-9-5-13(10(2)21(9)12-3-4-12)15(22)8-24-17(23)11-6-14(18)16(19)20-7-11/h5-7,12H,3-4,8H2,1-2H3. The highest BCUT2D eigenvalue weighted by atomic mass is 35.5. The van der Waals surface area contributed by atoms with Crippen molar-refractivity contribution in [2.75, 3.05) is 6.61 Å². The second-order valence-electron chi connectivity index (χ2n) is 5.88. The normalized spacial score (nSPS) is 13.8. The Morgan fingerprint density at radius 1 is 1.29 bits per heavy atom. The molecule has 0 bridgehead atoms. The van der Waals surface area contributed by atoms with Crippen LogP contribution in [0.4, 0.5) is 0 Å². The largest absolute Gasteiger partial charge is 0.454 e. The van der Waals surface area contributed by atoms with E-state index in [9.17, 15) is 9.59 Å². The van der Waals surface area contributed by atoms with Crippen LogP contribution in [0.15, 0.2) is 18.3 Å². The molecule has 2 aromatic rings. The van der Waals surface area contributed by atoms with Gasteiger partial charge in [0.05, 0.1) is 10.6 Å². The maximum absolute atomic E-state index is 12.4. The van der Waals surface area contributed by atoms with E-state index in [1.807, 2.05) is 19.9 Å². The van der Waals surface area contributed by atoms with Crippen molar-refractivity contribution in [3.05, 3.63) is 51.0 Å². The molecule has 7 heteroatoms. The van der Waals surface area contributed by atoms with Crippen molar-refractivity contribution in [3.63, 3.8) is 0 Å². The van der Waals surface area contributed by atoms with Crippen molar-refractivity contribution in [3.8, 4) is 0 Å². The average Bonchev–Trinajstić information content (AvgIpc) is 3.32. The minimum Gasteiger partial charge on any atom is -0.454 e. The first kappa shape index (κ1) is 17.0. The molecule has 5 nitrogen and oxygen atoms in total. The number of carbonyl (C=O) groups is 2. The summed E-state index contributed by atoms with van der Waals surface area (Å²) in [6.07, 6.45) is 3.55. The smallest absolute Gasteiger partial charge is 0.340 e. The number of carbonyl (C=O) groups excluding carboxylic acids is 2. The van der Waals surface area contributed by atoms with Crippen LogP contribution in [0.3, 0.4) is 0 Å². The van der Waals surface area contributed by atoms with Crippen LogP contribution in [0.1, 0.15) is 51.0 Å². The van der Waals surface area contributed by atoms with Crippen LogP contribution in [0.2, 0.25) is 10.2 Å². The molecular formula is C17H16Cl2N2O3. The van der Waals surface area contributed by atoms with Gasteiger partial charge in [0.25, 0.3) is 0 Å². The monoisotopic (exact) mass is 366 g/mol. The Morgan fingerprint density at radius 3 is 2.62 bits per heavy atom. The molecule has 0 radical (unpaired) electrons. The fraction of sp³-hybridized carbons (Fsp3) is 0.353. The molecule has 2 heterocycles. The van der Waals surface area contributed by atoms with Gasteiger partial charge in [-0.2, -0.15) is 0 Å². The number of Topliss-reactive ketones (excluding diaryl/α,β-unsaturated/α-hetero) is 1. The first-order valence-corrected chi connectivity index (χ1v) is 8.34. The highest BCUT2D eigenvalue weighted by Crippen LogP contribution is 2.38. The molecule has 1 aliphatic rings. The van der Waals surface area contributed by atoms with Crippen molar-refractivity contribution in [2.45, 2.75) is 32.7 Å². The van der Waals surface area contributed by atoms with Crippen LogP contribution in [0.5, 0.6) is 0 Å². The molecule has 1 saturated carbocycles. The molecule has 0 aromatic carbocycles. The van der Waals surface area contributed by atoms with E-state index >= 15 is 0 Å². The fourth-order valence-corrected chi connectivity index (χ4v) is 3.05. The number of aromatic nitrogens is 2. The molecule has 0 N–H and O–H groups in total. The van der Waals surface area contributed by atoms with Gasteiger partial charge in [0, 0.05) is 29.2 Å². The Labute approximate surface area is 149 Å². The van der Waals surface area contributed by atoms with Crippen LogP contribution >= 0.6 is 23.2 Å². The number of rotatable bonds is 5. The van der Waals surface area contributed by atoms with Gasteiger partial charge in [-0.3, -0.25) is 4.79 Å². The second kappa shape index (κ2) is 6.57. The van der Waals surface area contributed by atoms with Crippen molar-refractivity contribution in [2.24, 2.45) is 0 Å². The Balaban J connectivity index is 1.68. The van der Waals surface area contributed by atoms with Gasteiger partial charge in [-0.1, -0.05) is 23.2 Å². The Bertz CT molecular complexity index is 825. The summed E-state index contributed by atoms with van der Waals surface area (Å²) in [5.74, 6) is -0.887. The van der Waals surface area contributed by atoms with Crippen LogP contribution in [0, 0.1) is 13.8 Å². The highest BCUT2D eigenvalue weighted by Gasteiger charge is 2.28. The molecule has 0 saturated heterocycles. The van der Waals surface area contributed by atoms with Crippen LogP contribution < -0.4 is 0 Å². The maximum Gasteiger partial charge on any atom is 0.340 e. The van der Waals surface area contributed by atoms with E-state index in [-0.39, 0.29) is 28.1 Å². The quantitative estimate of drug-likeness (QED) is 0.452. The minimum atomic E-state index is -0.662. The number of aryl methyl sites for hydroxylation is 1. The van der Waals surface area contributed by atoms with Crippen molar-refractivity contribution in [1.29, 1.82) is 0 Å². The van der Waals surface area contributed by atoms with Gasteiger partial charge in [-0.25, -0.2) is 9.78 Å². The van der Waals surface area contributed by atoms with Gasteiger partial charge in [0.1, 0.15) is 5.15 Å². The molecule has 126 valence electrons. The zero-order valence-electron chi connectivity index (χ0n) is 13.3. The van der Waals surface area contributed by atoms with Gasteiger partial charge in [-0.05, 0) is 38.8 Å². The van der Waals surface area contributed by atoms with Crippen molar-refractivity contribution >= 4 is 35.0 Å². The van der Waals surface area contributed by atoms with E-state index in [2.05, 4.69) is 9.55 Å². The molecule has 1 aliphatic carbocycles. The molecule has 24 heavy (non-hydrogen) atoms. The Hall–Kier alpha value is -1.85. The lowest BCUT2D eigenvalue weighted by Crippen LogP contribution is -2.15. The number of hydrogen-bond donors (Lipinski definition) is 0. The predicted molar refractivity (Wildman–Crippen MR) is 91.0 cm³/mol. The minimum absolute atomic E-state index is 0.108. The van der Waals surface area contributed by atoms with E-state index < -0.39 is 5.97 Å². The summed E-state index contributed by atoms with van der Waals surface area (Å²) < 4.78 is 7.26. The molecule has 2 aromatic heterocycles. The molecule has 0 unspecified atom stereocenters. The van der Waals surface area contributed by atoms with Crippen LogP contribution in [-0.2, 0) is 4.74 Å². The van der Waals surface area contributed by atoms with E-state index in [0.29, 0.717) is 11.6 Å². The van der Waals surface area contributed by atoms with E-state index in [4.69, 9.17) is 27.9 Å². The zero-order chi connectivity index (χ0) is 17.4. The summed E-state index contributed by atoms with van der Waals surface area (Å²) >= 11 is 11.5. The predicted octanol–water partition coefficient (Wildman–Crippen LogP) is 4.18. The number of ketones is 1. The lowest BCUT2D eigenvalue weighted by Gasteiger charge is -2.08. The van der Waals surface area contributed by atoms with Gasteiger partial charge in [-0.15, -0.1) is 0 Å². The van der Waals surface area contributed by atoms with Crippen LogP contribution in [-0.4, -0.2) is 27.9 Å². The highest BCUT2D eigenvalue weighted by molar-refractivity contribution is 6.41. The summed E-state index contributed by atoms with van der Waals surface area (Å²) in [7, 11) is 0. The third-order valence-corrected chi connectivity index (χ3v) is 4.75. The van der Waals surface area contributed by atoms with E-state index in [1.54, 1.807) is 0 Å². The second-order valence-corrected chi connectivity index (χ2v) is 6.65. The van der Waals surface area contributed by atoms with Crippen molar-refractivity contribution < 1.29 is 14.3 Å². The summed E-state index contributed by atoms with van der Waals surface area (Å²) in [6.45, 7) is 3.58. The van der Waals surface area contributed by atoms with Gasteiger partial charge in [0.2, 0.25) is 5.78 Å². The molecule has 0 aliphatic heterocycles. The summed E-state index contributed by atoms with van der Waals surface area (Å²) in [5, 5.41) is 0.266. The molecule has 0 spiro atoms. The molecule has 1 fully saturated rings. The third-order valence-electron chi connectivity index (χ3n) is 4.06. The molecule has 0 amide bonds. The zero-order valence-corrected chi connectivity index (χ0v) is 14.8. The number of halogens is 2. The SMILES string of the molecule is Cc1cc(C(=O)COC(=O)c2cnc(Cl)c(Cl)c2)c(C)n1C1CC1. The lowest BCUT2D eigenvalue weighted by molar-refractivity contribution is 0.0474. The number of esters is 1. The number of nitrogens with zero attached hydrogens (tertiary/aromatic N) is 2. The number of pyridine rings is 1. The Morgan fingerprint density at radius 2 is 2.00 bits per heavy atom. The summed E-state index contributed by atoms with van der Waals surface area (Å²) in [6, 6.07) is 3.71. The molecule has 3 rings (SSSR count). The van der Waals surface area contributed by atoms with Crippen LogP contribution in [0.25, 0.3) is 0 Å². The van der Waals surface area contributed by atoms with Gasteiger partial charge < -0.3 is 9.30 Å². The number of hydrogen-bond acceptors (Lipinski definition) is 4. The first-order valence-electron chi connectivity index (χ1n) is 7.58. The summed E-state index contributed by atoms with van der Waals surface area (Å²) in [4.78, 5) is 28.2. The molecule has 0 atom stereocenters. The summed E-state index contributed by atoms with van der Waals surface area (Å²) in [5.41, 5.74) is 2.73. The third kappa shape index (κ3) is 3.32. The van der Waals surface area contributed by atoms with Crippen molar-refractivity contribution in [1.82, 2.24) is 9.55 Å². The topological polar surface area (TPSA) is 61.2 Å². The lowest BCUT2D eigenvalue weighted by atomic mass is 10.1. The Kier molecular flexibility index (Phi) is 4.65. The van der Waals surface area contributed by atoms with E-state index in [1.165, 1.54) is 12.3 Å². The maximum atomic E-state index is 12.4. The average molecular weight is 367 g/mol. The van der Waals surface area contributed by atoms with Gasteiger partial charge in [0.15, 0.2) is 6.61 Å². The molecular weight excluding hydrogens is 351 g/mol.